The minimum absolute atomic E-state index is 0.193. The Bertz CT molecular complexity index is 573. The van der Waals surface area contributed by atoms with Gasteiger partial charge in [-0.25, -0.2) is 4.79 Å². The van der Waals surface area contributed by atoms with E-state index in [1.807, 2.05) is 13.0 Å². The lowest BCUT2D eigenvalue weighted by Crippen LogP contribution is -2.04. The zero-order valence-electron chi connectivity index (χ0n) is 9.86. The first-order valence-corrected chi connectivity index (χ1v) is 5.52. The molecule has 0 fully saturated rings. The second kappa shape index (κ2) is 4.45. The first-order chi connectivity index (χ1) is 8.11. The van der Waals surface area contributed by atoms with Crippen molar-refractivity contribution in [2.45, 2.75) is 13.8 Å². The van der Waals surface area contributed by atoms with Crippen LogP contribution in [-0.2, 0) is 4.74 Å². The number of benzene rings is 2. The van der Waals surface area contributed by atoms with Gasteiger partial charge in [-0.3, -0.25) is 0 Å². The average molecular weight is 230 g/mol. The van der Waals surface area contributed by atoms with Crippen LogP contribution in [0.2, 0.25) is 0 Å². The molecule has 0 aliphatic rings. The fraction of sp³-hybridized carbons (Fsp3) is 0.214. The third kappa shape index (κ3) is 2.23. The summed E-state index contributed by atoms with van der Waals surface area (Å²) in [6.45, 7) is 4.07. The zero-order chi connectivity index (χ0) is 12.4. The molecule has 3 heteroatoms. The van der Waals surface area contributed by atoms with Crippen molar-refractivity contribution < 1.29 is 14.6 Å². The summed E-state index contributed by atoms with van der Waals surface area (Å²) in [5.41, 5.74) is 1.51. The average Bonchev–Trinajstić information content (AvgIpc) is 2.28. The van der Waals surface area contributed by atoms with E-state index in [-0.39, 0.29) is 11.7 Å². The molecule has 0 aromatic heterocycles. The van der Waals surface area contributed by atoms with Crippen LogP contribution >= 0.6 is 0 Å². The molecule has 0 radical (unpaired) electrons. The number of hydrogen-bond acceptors (Lipinski definition) is 3. The van der Waals surface area contributed by atoms with Crippen molar-refractivity contribution >= 4 is 16.7 Å². The van der Waals surface area contributed by atoms with Gasteiger partial charge >= 0.3 is 5.97 Å². The molecule has 2 aromatic carbocycles. The number of ether oxygens (including phenoxy) is 1. The molecule has 0 amide bonds. The topological polar surface area (TPSA) is 46.5 Å². The molecule has 3 nitrogen and oxygen atoms in total. The van der Waals surface area contributed by atoms with Crippen LogP contribution in [0.15, 0.2) is 30.3 Å². The molecule has 0 heterocycles. The van der Waals surface area contributed by atoms with Gasteiger partial charge in [0.25, 0.3) is 0 Å². The second-order valence-electron chi connectivity index (χ2n) is 3.92. The van der Waals surface area contributed by atoms with E-state index in [1.54, 1.807) is 31.2 Å². The Kier molecular flexibility index (Phi) is 3.00. The number of aromatic hydroxyl groups is 1. The predicted molar refractivity (Wildman–Crippen MR) is 66.3 cm³/mol. The smallest absolute Gasteiger partial charge is 0.338 e. The van der Waals surface area contributed by atoms with Crippen molar-refractivity contribution in [2.75, 3.05) is 6.61 Å². The van der Waals surface area contributed by atoms with Crippen LogP contribution in [0, 0.1) is 6.92 Å². The first kappa shape index (κ1) is 11.5. The van der Waals surface area contributed by atoms with Gasteiger partial charge in [0.1, 0.15) is 5.75 Å². The molecular formula is C14H14O3. The van der Waals surface area contributed by atoms with Crippen molar-refractivity contribution in [3.63, 3.8) is 0 Å². The summed E-state index contributed by atoms with van der Waals surface area (Å²) >= 11 is 0. The Morgan fingerprint density at radius 1 is 1.29 bits per heavy atom. The van der Waals surface area contributed by atoms with E-state index in [0.29, 0.717) is 12.2 Å². The predicted octanol–water partition coefficient (Wildman–Crippen LogP) is 3.03. The lowest BCUT2D eigenvalue weighted by Gasteiger charge is -2.07. The molecular weight excluding hydrogens is 216 g/mol. The van der Waals surface area contributed by atoms with Crippen LogP contribution < -0.4 is 0 Å². The number of carbonyl (C=O) groups excluding carboxylic acids is 1. The van der Waals surface area contributed by atoms with Crippen LogP contribution in [0.4, 0.5) is 0 Å². The Labute approximate surface area is 99.6 Å². The summed E-state index contributed by atoms with van der Waals surface area (Å²) in [5, 5.41) is 11.3. The summed E-state index contributed by atoms with van der Waals surface area (Å²) in [7, 11) is 0. The molecule has 0 spiro atoms. The van der Waals surface area contributed by atoms with Crippen LogP contribution in [-0.4, -0.2) is 17.7 Å². The minimum atomic E-state index is -0.333. The van der Waals surface area contributed by atoms with Crippen LogP contribution in [0.25, 0.3) is 10.8 Å². The summed E-state index contributed by atoms with van der Waals surface area (Å²) < 4.78 is 4.96. The van der Waals surface area contributed by atoms with E-state index in [0.717, 1.165) is 16.3 Å². The maximum atomic E-state index is 11.6. The third-order valence-corrected chi connectivity index (χ3v) is 2.65. The van der Waals surface area contributed by atoms with Crippen LogP contribution in [0.1, 0.15) is 22.8 Å². The van der Waals surface area contributed by atoms with Crippen LogP contribution in [0.3, 0.4) is 0 Å². The van der Waals surface area contributed by atoms with Crippen molar-refractivity contribution in [3.8, 4) is 5.75 Å². The number of phenols is 1. The van der Waals surface area contributed by atoms with E-state index in [2.05, 4.69) is 0 Å². The zero-order valence-corrected chi connectivity index (χ0v) is 9.86. The lowest BCUT2D eigenvalue weighted by molar-refractivity contribution is 0.0526. The number of hydrogen-bond donors (Lipinski definition) is 1. The Morgan fingerprint density at radius 2 is 2.06 bits per heavy atom. The molecule has 1 N–H and O–H groups in total. The maximum Gasteiger partial charge on any atom is 0.338 e. The third-order valence-electron chi connectivity index (χ3n) is 2.65. The number of esters is 1. The standard InChI is InChI=1S/C14H14O3/c1-3-17-14(16)11-6-9(2)13-5-4-12(15)8-10(13)7-11/h4-8,15H,3H2,1-2H3. The SMILES string of the molecule is CCOC(=O)c1cc(C)c2ccc(O)cc2c1. The van der Waals surface area contributed by atoms with Gasteiger partial charge in [0, 0.05) is 0 Å². The van der Waals surface area contributed by atoms with E-state index in [4.69, 9.17) is 4.74 Å². The molecule has 0 atom stereocenters. The normalized spacial score (nSPS) is 10.5. The highest BCUT2D eigenvalue weighted by Crippen LogP contribution is 2.24. The van der Waals surface area contributed by atoms with E-state index in [1.165, 1.54) is 0 Å². The van der Waals surface area contributed by atoms with Gasteiger partial charge in [-0.2, -0.15) is 0 Å². The van der Waals surface area contributed by atoms with Gasteiger partial charge < -0.3 is 9.84 Å². The van der Waals surface area contributed by atoms with Gasteiger partial charge in [-0.05, 0) is 54.4 Å². The monoisotopic (exact) mass is 230 g/mol. The van der Waals surface area contributed by atoms with E-state index in [9.17, 15) is 9.90 Å². The fourth-order valence-electron chi connectivity index (χ4n) is 1.88. The summed E-state index contributed by atoms with van der Waals surface area (Å²) in [6, 6.07) is 8.66. The molecule has 2 aromatic rings. The first-order valence-electron chi connectivity index (χ1n) is 5.52. The highest BCUT2D eigenvalue weighted by Gasteiger charge is 2.09. The number of carbonyl (C=O) groups is 1. The number of phenolic OH excluding ortho intramolecular Hbond substituents is 1. The molecule has 0 aliphatic heterocycles. The summed E-state index contributed by atoms with van der Waals surface area (Å²) in [6.07, 6.45) is 0. The Balaban J connectivity index is 2.57. The van der Waals surface area contributed by atoms with Gasteiger partial charge in [-0.15, -0.1) is 0 Å². The molecule has 0 bridgehead atoms. The molecule has 0 saturated carbocycles. The number of aryl methyl sites for hydroxylation is 1. The molecule has 17 heavy (non-hydrogen) atoms. The van der Waals surface area contributed by atoms with Gasteiger partial charge in [-0.1, -0.05) is 6.07 Å². The van der Waals surface area contributed by atoms with Gasteiger partial charge in [0.05, 0.1) is 12.2 Å². The summed E-state index contributed by atoms with van der Waals surface area (Å²) in [4.78, 5) is 11.6. The molecule has 2 rings (SSSR count). The number of rotatable bonds is 2. The second-order valence-corrected chi connectivity index (χ2v) is 3.92. The highest BCUT2D eigenvalue weighted by molar-refractivity contribution is 5.97. The van der Waals surface area contributed by atoms with Crippen molar-refractivity contribution in [1.82, 2.24) is 0 Å². The summed E-state index contributed by atoms with van der Waals surface area (Å²) in [5.74, 6) is -0.140. The quantitative estimate of drug-likeness (QED) is 0.806. The molecule has 0 saturated heterocycles. The van der Waals surface area contributed by atoms with Crippen molar-refractivity contribution in [1.29, 1.82) is 0 Å². The molecule has 0 unspecified atom stereocenters. The van der Waals surface area contributed by atoms with Crippen molar-refractivity contribution in [3.05, 3.63) is 41.5 Å². The number of fused-ring (bicyclic) bond motifs is 1. The van der Waals surface area contributed by atoms with Crippen LogP contribution in [0.5, 0.6) is 5.75 Å². The van der Waals surface area contributed by atoms with Crippen molar-refractivity contribution in [2.24, 2.45) is 0 Å². The van der Waals surface area contributed by atoms with E-state index < -0.39 is 0 Å². The Hall–Kier alpha value is -2.03. The Morgan fingerprint density at radius 3 is 2.76 bits per heavy atom. The largest absolute Gasteiger partial charge is 0.508 e. The lowest BCUT2D eigenvalue weighted by atomic mass is 10.0. The maximum absolute atomic E-state index is 11.6. The van der Waals surface area contributed by atoms with Gasteiger partial charge in [0.2, 0.25) is 0 Å². The molecule has 0 aliphatic carbocycles. The van der Waals surface area contributed by atoms with Gasteiger partial charge in [0.15, 0.2) is 0 Å². The minimum Gasteiger partial charge on any atom is -0.508 e. The van der Waals surface area contributed by atoms with E-state index >= 15 is 0 Å². The molecule has 88 valence electrons. The fourth-order valence-corrected chi connectivity index (χ4v) is 1.88. The highest BCUT2D eigenvalue weighted by atomic mass is 16.5.